The number of methoxy groups -OCH3 is 1. The molecule has 0 saturated heterocycles. The molecule has 174 valence electrons. The van der Waals surface area contributed by atoms with Crippen LogP contribution in [0.3, 0.4) is 0 Å². The molecular formula is C22H17F3N6O3. The summed E-state index contributed by atoms with van der Waals surface area (Å²) in [6, 6.07) is 10.3. The minimum atomic E-state index is -4.64. The standard InChI is InChI=1S/C22H17F3N6O3/c1-34-17-7-6-14(10-15(17)22(23,24)25)31-21(33)30-13-4-2-12(3-5-13)29-20-18-16(32)8-9-26-19(18)27-11-28-20/h2-11H,1H3,(H2,30,31,33)(H2,26,27,28,29,32). The summed E-state index contributed by atoms with van der Waals surface area (Å²) in [5.74, 6) is -0.0368. The number of fused-ring (bicyclic) bond motifs is 1. The number of aromatic amines is 1. The molecule has 34 heavy (non-hydrogen) atoms. The van der Waals surface area contributed by atoms with Gasteiger partial charge in [0.05, 0.1) is 12.7 Å². The second kappa shape index (κ2) is 9.10. The van der Waals surface area contributed by atoms with E-state index in [9.17, 15) is 22.8 Å². The molecule has 4 aromatic rings. The summed E-state index contributed by atoms with van der Waals surface area (Å²) in [4.78, 5) is 35.4. The van der Waals surface area contributed by atoms with Crippen LogP contribution in [0.4, 0.5) is 40.8 Å². The molecule has 0 radical (unpaired) electrons. The summed E-state index contributed by atoms with van der Waals surface area (Å²) in [5.41, 5.74) is 0.0486. The second-order valence-corrected chi connectivity index (χ2v) is 6.98. The van der Waals surface area contributed by atoms with Crippen LogP contribution in [0, 0.1) is 0 Å². The molecule has 9 nitrogen and oxygen atoms in total. The van der Waals surface area contributed by atoms with Crippen molar-refractivity contribution >= 4 is 39.9 Å². The number of ether oxygens (including phenoxy) is 1. The maximum Gasteiger partial charge on any atom is 0.420 e. The maximum atomic E-state index is 13.2. The summed E-state index contributed by atoms with van der Waals surface area (Å²) < 4.78 is 44.2. The molecule has 0 bridgehead atoms. The van der Waals surface area contributed by atoms with Gasteiger partial charge in [0, 0.05) is 29.3 Å². The number of nitrogens with zero attached hydrogens (tertiary/aromatic N) is 2. The van der Waals surface area contributed by atoms with Crippen molar-refractivity contribution in [1.82, 2.24) is 15.0 Å². The predicted molar refractivity (Wildman–Crippen MR) is 121 cm³/mol. The third-order valence-corrected chi connectivity index (χ3v) is 4.72. The zero-order valence-electron chi connectivity index (χ0n) is 17.5. The number of aromatic nitrogens is 3. The van der Waals surface area contributed by atoms with Gasteiger partial charge in [-0.2, -0.15) is 13.2 Å². The van der Waals surface area contributed by atoms with E-state index in [2.05, 4.69) is 30.9 Å². The highest BCUT2D eigenvalue weighted by Gasteiger charge is 2.34. The number of nitrogens with one attached hydrogen (secondary N) is 4. The molecule has 4 rings (SSSR count). The normalized spacial score (nSPS) is 11.2. The van der Waals surface area contributed by atoms with E-state index in [1.165, 1.54) is 24.7 Å². The van der Waals surface area contributed by atoms with E-state index in [0.717, 1.165) is 19.2 Å². The van der Waals surface area contributed by atoms with Crippen LogP contribution in [0.1, 0.15) is 5.56 Å². The molecule has 0 aliphatic heterocycles. The number of benzene rings is 2. The lowest BCUT2D eigenvalue weighted by molar-refractivity contribution is -0.138. The Morgan fingerprint density at radius 2 is 1.65 bits per heavy atom. The summed E-state index contributed by atoms with van der Waals surface area (Å²) in [5, 5.41) is 8.21. The lowest BCUT2D eigenvalue weighted by Crippen LogP contribution is -2.20. The molecule has 4 N–H and O–H groups in total. The first-order chi connectivity index (χ1) is 16.2. The van der Waals surface area contributed by atoms with Gasteiger partial charge in [0.2, 0.25) is 0 Å². The molecule has 0 saturated carbocycles. The van der Waals surface area contributed by atoms with Gasteiger partial charge in [-0.1, -0.05) is 0 Å². The number of urea groups is 1. The predicted octanol–water partition coefficient (Wildman–Crippen LogP) is 4.73. The van der Waals surface area contributed by atoms with E-state index in [1.807, 2.05) is 0 Å². The number of hydrogen-bond acceptors (Lipinski definition) is 6. The van der Waals surface area contributed by atoms with E-state index >= 15 is 0 Å². The van der Waals surface area contributed by atoms with Crippen molar-refractivity contribution < 1.29 is 22.7 Å². The smallest absolute Gasteiger partial charge is 0.420 e. The lowest BCUT2D eigenvalue weighted by atomic mass is 10.1. The molecule has 2 heterocycles. The number of alkyl halides is 3. The number of H-pyrrole nitrogens is 1. The van der Waals surface area contributed by atoms with Gasteiger partial charge < -0.3 is 25.7 Å². The first kappa shape index (κ1) is 22.6. The van der Waals surface area contributed by atoms with Crippen LogP contribution in [0.5, 0.6) is 5.75 Å². The van der Waals surface area contributed by atoms with Crippen LogP contribution in [0.15, 0.2) is 65.8 Å². The van der Waals surface area contributed by atoms with Crippen LogP contribution >= 0.6 is 0 Å². The molecule has 2 aromatic carbocycles. The van der Waals surface area contributed by atoms with Gasteiger partial charge in [-0.15, -0.1) is 0 Å². The number of carbonyl (C=O) groups excluding carboxylic acids is 1. The highest BCUT2D eigenvalue weighted by molar-refractivity contribution is 6.00. The Kier molecular flexibility index (Phi) is 6.04. The van der Waals surface area contributed by atoms with Crippen molar-refractivity contribution in [3.8, 4) is 5.75 Å². The number of halogens is 3. The quantitative estimate of drug-likeness (QED) is 0.335. The molecule has 12 heteroatoms. The fourth-order valence-electron chi connectivity index (χ4n) is 3.18. The maximum absolute atomic E-state index is 13.2. The monoisotopic (exact) mass is 470 g/mol. The van der Waals surface area contributed by atoms with Crippen molar-refractivity contribution in [2.24, 2.45) is 0 Å². The number of amides is 2. The van der Waals surface area contributed by atoms with Crippen molar-refractivity contribution in [1.29, 1.82) is 0 Å². The van der Waals surface area contributed by atoms with Crippen LogP contribution in [-0.2, 0) is 6.18 Å². The van der Waals surface area contributed by atoms with Gasteiger partial charge in [-0.05, 0) is 42.5 Å². The number of pyridine rings is 1. The molecule has 0 aliphatic carbocycles. The molecule has 0 atom stereocenters. The largest absolute Gasteiger partial charge is 0.496 e. The van der Waals surface area contributed by atoms with E-state index in [4.69, 9.17) is 4.74 Å². The SMILES string of the molecule is COc1ccc(NC(=O)Nc2ccc(Nc3ncnc4[nH]ccc(=O)c34)cc2)cc1C(F)(F)F. The first-order valence-corrected chi connectivity index (χ1v) is 9.77. The Bertz CT molecular complexity index is 1400. The fraction of sp³-hybridized carbons (Fsp3) is 0.0909. The zero-order valence-corrected chi connectivity index (χ0v) is 17.5. The minimum absolute atomic E-state index is 0.0511. The van der Waals surface area contributed by atoms with Crippen LogP contribution in [-0.4, -0.2) is 28.1 Å². The van der Waals surface area contributed by atoms with Crippen molar-refractivity contribution in [3.05, 3.63) is 76.8 Å². The van der Waals surface area contributed by atoms with Crippen LogP contribution < -0.4 is 26.1 Å². The van der Waals surface area contributed by atoms with Gasteiger partial charge in [0.25, 0.3) is 0 Å². The van der Waals surface area contributed by atoms with Crippen molar-refractivity contribution in [3.63, 3.8) is 0 Å². The highest BCUT2D eigenvalue weighted by Crippen LogP contribution is 2.37. The summed E-state index contributed by atoms with van der Waals surface area (Å²) >= 11 is 0. The molecule has 0 aliphatic rings. The van der Waals surface area contributed by atoms with E-state index < -0.39 is 17.8 Å². The van der Waals surface area contributed by atoms with E-state index in [0.29, 0.717) is 28.2 Å². The van der Waals surface area contributed by atoms with Gasteiger partial charge >= 0.3 is 12.2 Å². The second-order valence-electron chi connectivity index (χ2n) is 6.98. The molecule has 2 aromatic heterocycles. The van der Waals surface area contributed by atoms with Crippen molar-refractivity contribution in [2.45, 2.75) is 6.18 Å². The molecular weight excluding hydrogens is 453 g/mol. The average molecular weight is 470 g/mol. The number of rotatable bonds is 5. The summed E-state index contributed by atoms with van der Waals surface area (Å²) in [7, 11) is 1.13. The Hall–Kier alpha value is -4.61. The molecule has 0 fully saturated rings. The zero-order chi connectivity index (χ0) is 24.3. The van der Waals surface area contributed by atoms with E-state index in [-0.39, 0.29) is 16.9 Å². The molecule has 0 unspecified atom stereocenters. The number of carbonyl (C=O) groups is 1. The summed E-state index contributed by atoms with van der Waals surface area (Å²) in [6.07, 6.45) is -1.84. The Balaban J connectivity index is 1.45. The number of hydrogen-bond donors (Lipinski definition) is 4. The van der Waals surface area contributed by atoms with Gasteiger partial charge in [-0.25, -0.2) is 14.8 Å². The number of anilines is 4. The summed E-state index contributed by atoms with van der Waals surface area (Å²) in [6.45, 7) is 0. The van der Waals surface area contributed by atoms with Gasteiger partial charge in [0.1, 0.15) is 28.9 Å². The Morgan fingerprint density at radius 3 is 2.35 bits per heavy atom. The van der Waals surface area contributed by atoms with Gasteiger partial charge in [0.15, 0.2) is 5.43 Å². The highest BCUT2D eigenvalue weighted by atomic mass is 19.4. The Morgan fingerprint density at radius 1 is 0.971 bits per heavy atom. The van der Waals surface area contributed by atoms with Crippen LogP contribution in [0.2, 0.25) is 0 Å². The third kappa shape index (κ3) is 4.90. The van der Waals surface area contributed by atoms with E-state index in [1.54, 1.807) is 24.3 Å². The average Bonchev–Trinajstić information content (AvgIpc) is 2.80. The lowest BCUT2D eigenvalue weighted by Gasteiger charge is -2.14. The Labute approximate surface area is 190 Å². The van der Waals surface area contributed by atoms with Crippen LogP contribution in [0.25, 0.3) is 11.0 Å². The first-order valence-electron chi connectivity index (χ1n) is 9.77. The van der Waals surface area contributed by atoms with Gasteiger partial charge in [-0.3, -0.25) is 4.79 Å². The molecule has 2 amide bonds. The van der Waals surface area contributed by atoms with Crippen molar-refractivity contribution in [2.75, 3.05) is 23.1 Å². The fourth-order valence-corrected chi connectivity index (χ4v) is 3.18. The topological polar surface area (TPSA) is 121 Å². The molecule has 0 spiro atoms. The minimum Gasteiger partial charge on any atom is -0.496 e. The third-order valence-electron chi connectivity index (χ3n) is 4.72.